The maximum Gasteiger partial charge on any atom is 0.270 e. The van der Waals surface area contributed by atoms with Gasteiger partial charge in [0.15, 0.2) is 0 Å². The number of rotatable bonds is 2. The van der Waals surface area contributed by atoms with E-state index in [0.29, 0.717) is 5.39 Å². The first kappa shape index (κ1) is 4.54. The van der Waals surface area contributed by atoms with Crippen LogP contribution < -0.4 is 0 Å². The number of hydrogen-bond acceptors (Lipinski definition) is 3. The van der Waals surface area contributed by atoms with E-state index in [-0.39, 0.29) is 11.2 Å². The summed E-state index contributed by atoms with van der Waals surface area (Å²) in [6.07, 6.45) is 1.20. The summed E-state index contributed by atoms with van der Waals surface area (Å²) in [6.45, 7) is -5.58. The summed E-state index contributed by atoms with van der Waals surface area (Å²) in [5, 5.41) is 14.6. The molecule has 5 heteroatoms. The van der Waals surface area contributed by atoms with Gasteiger partial charge in [-0.3, -0.25) is 14.8 Å². The second-order valence-corrected chi connectivity index (χ2v) is 2.67. The van der Waals surface area contributed by atoms with Crippen LogP contribution in [0.1, 0.15) is 13.7 Å². The number of aryl methyl sites for hydroxylation is 1. The molecule has 0 aliphatic rings. The van der Waals surface area contributed by atoms with Gasteiger partial charge in [0.05, 0.1) is 19.4 Å². The Morgan fingerprint density at radius 3 is 3.36 bits per heavy atom. The fourth-order valence-electron chi connectivity index (χ4n) is 1.22. The first-order chi connectivity index (χ1) is 8.64. The van der Waals surface area contributed by atoms with Crippen molar-refractivity contribution >= 4 is 16.6 Å². The fourth-order valence-corrected chi connectivity index (χ4v) is 1.22. The molecule has 0 amide bonds. The predicted octanol–water partition coefficient (Wildman–Crippen LogP) is 1.96. The van der Waals surface area contributed by atoms with E-state index in [2.05, 4.69) is 5.10 Å². The molecule has 72 valence electrons. The average Bonchev–Trinajstić information content (AvgIpc) is 2.70. The van der Waals surface area contributed by atoms with Gasteiger partial charge in [-0.05, 0) is 12.9 Å². The molecule has 2 aromatic rings. The number of aromatic nitrogens is 2. The Bertz CT molecular complexity index is 649. The van der Waals surface area contributed by atoms with Crippen molar-refractivity contribution in [3.05, 3.63) is 34.5 Å². The van der Waals surface area contributed by atoms with Gasteiger partial charge in [0, 0.05) is 28.1 Å². The molecule has 0 spiro atoms. The molecular weight excluding hydrogens is 182 g/mol. The largest absolute Gasteiger partial charge is 0.270 e. The number of benzene rings is 1. The third kappa shape index (κ3) is 1.22. The lowest BCUT2D eigenvalue weighted by Crippen LogP contribution is -1.95. The van der Waals surface area contributed by atoms with Crippen molar-refractivity contribution in [2.45, 2.75) is 13.3 Å². The monoisotopic (exact) mass is 196 g/mol. The Morgan fingerprint density at radius 1 is 1.79 bits per heavy atom. The minimum Gasteiger partial charge on any atom is -0.265 e. The van der Waals surface area contributed by atoms with E-state index in [4.69, 9.17) is 6.85 Å². The molecule has 5 nitrogen and oxygen atoms in total. The summed E-state index contributed by atoms with van der Waals surface area (Å²) in [4.78, 5) is 10.0. The van der Waals surface area contributed by atoms with Gasteiger partial charge in [0.2, 0.25) is 0 Å². The molecule has 0 saturated heterocycles. The molecule has 0 unspecified atom stereocenters. The molecule has 14 heavy (non-hydrogen) atoms. The van der Waals surface area contributed by atoms with Crippen LogP contribution in [0, 0.1) is 10.1 Å². The zero-order chi connectivity index (χ0) is 14.4. The summed E-state index contributed by atoms with van der Waals surface area (Å²) in [6, 6.07) is 3.68. The molecule has 0 radical (unpaired) electrons. The molecule has 2 rings (SSSR count). The van der Waals surface area contributed by atoms with Gasteiger partial charge in [-0.2, -0.15) is 5.10 Å². The highest BCUT2D eigenvalue weighted by atomic mass is 16.6. The van der Waals surface area contributed by atoms with Gasteiger partial charge < -0.3 is 0 Å². The molecule has 0 aliphatic carbocycles. The Labute approximate surface area is 87.1 Å². The van der Waals surface area contributed by atoms with Gasteiger partial charge in [-0.1, -0.05) is 0 Å². The second-order valence-electron chi connectivity index (χ2n) is 2.67. The molecule has 0 bridgehead atoms. The van der Waals surface area contributed by atoms with Crippen LogP contribution in [0.4, 0.5) is 5.69 Å². The van der Waals surface area contributed by atoms with E-state index in [1.807, 2.05) is 0 Å². The first-order valence-electron chi connectivity index (χ1n) is 6.27. The quantitative estimate of drug-likeness (QED) is 0.545. The van der Waals surface area contributed by atoms with Crippen LogP contribution in [0.25, 0.3) is 10.9 Å². The van der Waals surface area contributed by atoms with Crippen molar-refractivity contribution in [2.75, 3.05) is 0 Å². The molecular formula is C9H9N3O2. The summed E-state index contributed by atoms with van der Waals surface area (Å²) in [5.74, 6) is 0. The fraction of sp³-hybridized carbons (Fsp3) is 0.222. The van der Waals surface area contributed by atoms with Crippen LogP contribution in [0.5, 0.6) is 0 Å². The smallest absolute Gasteiger partial charge is 0.265 e. The van der Waals surface area contributed by atoms with Gasteiger partial charge >= 0.3 is 0 Å². The minimum atomic E-state index is -2.90. The Kier molecular flexibility index (Phi) is 1.01. The van der Waals surface area contributed by atoms with E-state index < -0.39 is 18.3 Å². The Balaban J connectivity index is 2.62. The standard InChI is InChI=1S/C9H9N3O2/c1-2-11-9-4-3-8(12(13)14)5-7(9)6-10-11/h3-6H,2H2,1H3/i1D3,2D2. The molecule has 1 aromatic carbocycles. The minimum absolute atomic E-state index is 0.165. The lowest BCUT2D eigenvalue weighted by Gasteiger charge is -1.97. The van der Waals surface area contributed by atoms with Gasteiger partial charge in [0.1, 0.15) is 0 Å². The number of nitro groups is 1. The van der Waals surface area contributed by atoms with Gasteiger partial charge in [-0.25, -0.2) is 0 Å². The highest BCUT2D eigenvalue weighted by molar-refractivity contribution is 5.81. The highest BCUT2D eigenvalue weighted by Gasteiger charge is 2.08. The van der Waals surface area contributed by atoms with E-state index in [1.54, 1.807) is 0 Å². The van der Waals surface area contributed by atoms with Crippen molar-refractivity contribution in [1.82, 2.24) is 9.78 Å². The zero-order valence-corrected chi connectivity index (χ0v) is 6.97. The lowest BCUT2D eigenvalue weighted by molar-refractivity contribution is -0.384. The molecule has 1 aromatic heterocycles. The van der Waals surface area contributed by atoms with E-state index >= 15 is 0 Å². The van der Waals surface area contributed by atoms with Crippen LogP contribution in [0.15, 0.2) is 24.4 Å². The maximum absolute atomic E-state index is 10.6. The van der Waals surface area contributed by atoms with E-state index in [1.165, 1.54) is 24.4 Å². The first-order valence-corrected chi connectivity index (χ1v) is 3.77. The van der Waals surface area contributed by atoms with E-state index in [9.17, 15) is 10.1 Å². The van der Waals surface area contributed by atoms with Crippen molar-refractivity contribution in [3.63, 3.8) is 0 Å². The summed E-state index contributed by atoms with van der Waals surface area (Å²) < 4.78 is 37.5. The third-order valence-corrected chi connectivity index (χ3v) is 1.87. The summed E-state index contributed by atoms with van der Waals surface area (Å²) >= 11 is 0. The molecule has 0 aliphatic heterocycles. The normalized spacial score (nSPS) is 17.9. The predicted molar refractivity (Wildman–Crippen MR) is 52.1 cm³/mol. The zero-order valence-electron chi connectivity index (χ0n) is 12.0. The number of nitrogens with zero attached hydrogens (tertiary/aromatic N) is 3. The Hall–Kier alpha value is -1.91. The van der Waals surface area contributed by atoms with Crippen molar-refractivity contribution < 1.29 is 11.8 Å². The second kappa shape index (κ2) is 3.10. The molecule has 1 heterocycles. The van der Waals surface area contributed by atoms with Gasteiger partial charge in [-0.15, -0.1) is 0 Å². The SMILES string of the molecule is [2H]C([2H])([2H])C([2H])([2H])n1ncc2cc([N+](=O)[O-])ccc21. The average molecular weight is 196 g/mol. The van der Waals surface area contributed by atoms with Crippen molar-refractivity contribution in [3.8, 4) is 0 Å². The number of fused-ring (bicyclic) bond motifs is 1. The maximum atomic E-state index is 10.6. The van der Waals surface area contributed by atoms with E-state index in [0.717, 1.165) is 4.68 Å². The number of non-ortho nitro benzene ring substituents is 1. The van der Waals surface area contributed by atoms with Crippen LogP contribution >= 0.6 is 0 Å². The Morgan fingerprint density at radius 2 is 2.64 bits per heavy atom. The molecule has 0 atom stereocenters. The van der Waals surface area contributed by atoms with Crippen molar-refractivity contribution in [1.29, 1.82) is 0 Å². The molecule has 0 saturated carbocycles. The number of nitro benzene ring substituents is 1. The third-order valence-electron chi connectivity index (χ3n) is 1.87. The topological polar surface area (TPSA) is 61.0 Å². The highest BCUT2D eigenvalue weighted by Crippen LogP contribution is 2.20. The molecule has 0 N–H and O–H groups in total. The number of hydrogen-bond donors (Lipinski definition) is 0. The summed E-state index contributed by atoms with van der Waals surface area (Å²) in [5.41, 5.74) is 0.0215. The van der Waals surface area contributed by atoms with Crippen LogP contribution in [-0.2, 0) is 6.50 Å². The summed E-state index contributed by atoms with van der Waals surface area (Å²) in [7, 11) is 0. The van der Waals surface area contributed by atoms with Crippen molar-refractivity contribution in [2.24, 2.45) is 0 Å². The molecule has 0 fully saturated rings. The van der Waals surface area contributed by atoms with Crippen LogP contribution in [0.2, 0.25) is 0 Å². The van der Waals surface area contributed by atoms with Crippen LogP contribution in [-0.4, -0.2) is 14.7 Å². The van der Waals surface area contributed by atoms with Crippen LogP contribution in [0.3, 0.4) is 0 Å². The lowest BCUT2D eigenvalue weighted by atomic mass is 10.2. The van der Waals surface area contributed by atoms with Gasteiger partial charge in [0.25, 0.3) is 5.69 Å².